The molecule has 0 amide bonds. The number of aromatic nitrogens is 1. The van der Waals surface area contributed by atoms with Gasteiger partial charge in [-0.15, -0.1) is 11.8 Å². The number of rotatable bonds is 5. The molecule has 0 N–H and O–H groups in total. The molecule has 3 aromatic rings. The van der Waals surface area contributed by atoms with Crippen LogP contribution < -0.4 is 4.74 Å². The van der Waals surface area contributed by atoms with E-state index in [-0.39, 0.29) is 12.4 Å². The Morgan fingerprint density at radius 1 is 1.10 bits per heavy atom. The molecule has 0 fully saturated rings. The van der Waals surface area contributed by atoms with Crippen LogP contribution in [0.3, 0.4) is 0 Å². The van der Waals surface area contributed by atoms with E-state index in [1.807, 2.05) is 18.4 Å². The average molecular weight is 411 g/mol. The van der Waals surface area contributed by atoms with E-state index in [9.17, 15) is 9.18 Å². The van der Waals surface area contributed by atoms with Crippen LogP contribution in [-0.2, 0) is 17.7 Å². The van der Waals surface area contributed by atoms with Crippen molar-refractivity contribution in [2.24, 2.45) is 0 Å². The lowest BCUT2D eigenvalue weighted by atomic mass is 10.0. The van der Waals surface area contributed by atoms with Crippen molar-refractivity contribution in [2.45, 2.75) is 31.2 Å². The number of thioether (sulfide) groups is 1. The minimum atomic E-state index is -0.734. The Morgan fingerprint density at radius 3 is 2.45 bits per heavy atom. The molecule has 0 unspecified atom stereocenters. The Morgan fingerprint density at radius 2 is 1.79 bits per heavy atom. The van der Waals surface area contributed by atoms with Crippen LogP contribution in [0.15, 0.2) is 53.4 Å². The lowest BCUT2D eigenvalue weighted by molar-refractivity contribution is 0.104. The zero-order chi connectivity index (χ0) is 20.4. The molecule has 1 aliphatic heterocycles. The minimum absolute atomic E-state index is 0.232. The van der Waals surface area contributed by atoms with Gasteiger partial charge in [0.1, 0.15) is 5.82 Å². The van der Waals surface area contributed by atoms with E-state index in [1.54, 1.807) is 30.8 Å². The molecule has 6 heteroatoms. The number of hydrogen-bond acceptors (Lipinski definition) is 4. The molecular weight excluding hydrogens is 389 g/mol. The summed E-state index contributed by atoms with van der Waals surface area (Å²) >= 11 is 1.68. The molecule has 0 spiro atoms. The fourth-order valence-corrected chi connectivity index (χ4v) is 4.24. The highest BCUT2D eigenvalue weighted by molar-refractivity contribution is 7.98. The molecular formula is C23H22FNO3S. The first kappa shape index (κ1) is 19.6. The number of carbonyl (C=O) groups excluding carboxylic acids is 1. The third-order valence-corrected chi connectivity index (χ3v) is 5.81. The highest BCUT2D eigenvalue weighted by Crippen LogP contribution is 2.47. The average Bonchev–Trinajstić information content (AvgIpc) is 3.29. The number of fused-ring (bicyclic) bond motifs is 1. The molecule has 150 valence electrons. The van der Waals surface area contributed by atoms with E-state index in [0.717, 1.165) is 52.4 Å². The van der Waals surface area contributed by atoms with Gasteiger partial charge in [0.2, 0.25) is 0 Å². The summed E-state index contributed by atoms with van der Waals surface area (Å²) in [7, 11) is 0. The van der Waals surface area contributed by atoms with Gasteiger partial charge in [0.05, 0.1) is 12.3 Å². The van der Waals surface area contributed by atoms with Gasteiger partial charge in [-0.1, -0.05) is 12.1 Å². The van der Waals surface area contributed by atoms with Crippen molar-refractivity contribution in [3.05, 3.63) is 60.0 Å². The van der Waals surface area contributed by atoms with Gasteiger partial charge in [0.15, 0.2) is 5.75 Å². The number of nitrogens with zero attached hydrogens (tertiary/aromatic N) is 1. The minimum Gasteiger partial charge on any atom is -0.434 e. The lowest BCUT2D eigenvalue weighted by Crippen LogP contribution is -2.11. The SMILES string of the molecule is CCOC(=O)Oc1c(-c2ccc(SC)cc2)c2n(c1-c1ccc(F)cc1)CCC2. The van der Waals surface area contributed by atoms with Crippen molar-refractivity contribution in [1.29, 1.82) is 0 Å². The van der Waals surface area contributed by atoms with Crippen LogP contribution in [-0.4, -0.2) is 23.6 Å². The van der Waals surface area contributed by atoms with Gasteiger partial charge in [0.25, 0.3) is 0 Å². The third-order valence-electron chi connectivity index (χ3n) is 5.07. The summed E-state index contributed by atoms with van der Waals surface area (Å²) in [5, 5.41) is 0. The maximum absolute atomic E-state index is 13.5. The Bertz CT molecular complexity index is 1030. The summed E-state index contributed by atoms with van der Waals surface area (Å²) in [5.41, 5.74) is 4.61. The van der Waals surface area contributed by atoms with Crippen molar-refractivity contribution < 1.29 is 18.7 Å². The summed E-state index contributed by atoms with van der Waals surface area (Å²) in [6, 6.07) is 14.5. The van der Waals surface area contributed by atoms with Crippen molar-refractivity contribution in [3.63, 3.8) is 0 Å². The number of halogens is 1. The van der Waals surface area contributed by atoms with Gasteiger partial charge in [-0.05, 0) is 68.0 Å². The first-order valence-electron chi connectivity index (χ1n) is 9.62. The van der Waals surface area contributed by atoms with E-state index < -0.39 is 6.16 Å². The molecule has 4 nitrogen and oxygen atoms in total. The summed E-state index contributed by atoms with van der Waals surface area (Å²) in [4.78, 5) is 13.4. The predicted octanol–water partition coefficient (Wildman–Crippen LogP) is 6.16. The molecule has 0 aliphatic carbocycles. The first-order valence-corrected chi connectivity index (χ1v) is 10.8. The first-order chi connectivity index (χ1) is 14.1. The van der Waals surface area contributed by atoms with Crippen LogP contribution in [0.25, 0.3) is 22.4 Å². The molecule has 0 saturated carbocycles. The highest BCUT2D eigenvalue weighted by Gasteiger charge is 2.30. The molecule has 0 saturated heterocycles. The van der Waals surface area contributed by atoms with Gasteiger partial charge in [-0.2, -0.15) is 0 Å². The number of carbonyl (C=O) groups is 1. The largest absolute Gasteiger partial charge is 0.513 e. The molecule has 1 aliphatic rings. The van der Waals surface area contributed by atoms with Gasteiger partial charge >= 0.3 is 6.16 Å². The molecule has 2 aromatic carbocycles. The fraction of sp³-hybridized carbons (Fsp3) is 0.261. The Hall–Kier alpha value is -2.73. The second-order valence-corrected chi connectivity index (χ2v) is 7.65. The topological polar surface area (TPSA) is 40.5 Å². The summed E-state index contributed by atoms with van der Waals surface area (Å²) in [6.07, 6.45) is 3.20. The second-order valence-electron chi connectivity index (χ2n) is 6.78. The lowest BCUT2D eigenvalue weighted by Gasteiger charge is -2.11. The zero-order valence-corrected chi connectivity index (χ0v) is 17.2. The summed E-state index contributed by atoms with van der Waals surface area (Å²) in [6.45, 7) is 2.80. The van der Waals surface area contributed by atoms with E-state index in [1.165, 1.54) is 12.1 Å². The molecule has 2 heterocycles. The standard InChI is InChI=1S/C23H22FNO3S/c1-3-27-23(26)28-22-20(15-8-12-18(29-2)13-9-15)19-5-4-14-25(19)21(22)16-6-10-17(24)11-7-16/h6-13H,3-5,14H2,1-2H3. The molecule has 29 heavy (non-hydrogen) atoms. The predicted molar refractivity (Wildman–Crippen MR) is 113 cm³/mol. The number of hydrogen-bond donors (Lipinski definition) is 0. The monoisotopic (exact) mass is 411 g/mol. The van der Waals surface area contributed by atoms with E-state index in [4.69, 9.17) is 9.47 Å². The van der Waals surface area contributed by atoms with Crippen molar-refractivity contribution in [1.82, 2.24) is 4.57 Å². The van der Waals surface area contributed by atoms with Crippen LogP contribution in [0.5, 0.6) is 5.75 Å². The highest BCUT2D eigenvalue weighted by atomic mass is 32.2. The van der Waals surface area contributed by atoms with Gasteiger partial charge in [-0.25, -0.2) is 9.18 Å². The molecule has 4 rings (SSSR count). The van der Waals surface area contributed by atoms with Gasteiger partial charge in [0, 0.05) is 28.3 Å². The fourth-order valence-electron chi connectivity index (χ4n) is 3.83. The smallest absolute Gasteiger partial charge is 0.434 e. The third kappa shape index (κ3) is 3.77. The van der Waals surface area contributed by atoms with Gasteiger partial charge < -0.3 is 14.0 Å². The quantitative estimate of drug-likeness (QED) is 0.372. The van der Waals surface area contributed by atoms with Crippen LogP contribution >= 0.6 is 11.8 Å². The Balaban J connectivity index is 1.92. The molecule has 1 aromatic heterocycles. The zero-order valence-electron chi connectivity index (χ0n) is 16.4. The van der Waals surface area contributed by atoms with Crippen molar-refractivity contribution in [3.8, 4) is 28.1 Å². The number of benzene rings is 2. The summed E-state index contributed by atoms with van der Waals surface area (Å²) in [5.74, 6) is 0.171. The van der Waals surface area contributed by atoms with E-state index in [0.29, 0.717) is 5.75 Å². The van der Waals surface area contributed by atoms with Crippen molar-refractivity contribution in [2.75, 3.05) is 12.9 Å². The van der Waals surface area contributed by atoms with Crippen LogP contribution in [0.4, 0.5) is 9.18 Å². The molecule has 0 bridgehead atoms. The van der Waals surface area contributed by atoms with Crippen LogP contribution in [0, 0.1) is 5.82 Å². The second kappa shape index (κ2) is 8.33. The Labute approximate surface area is 173 Å². The molecule has 0 atom stereocenters. The maximum Gasteiger partial charge on any atom is 0.513 e. The Kier molecular flexibility index (Phi) is 5.62. The molecule has 0 radical (unpaired) electrons. The van der Waals surface area contributed by atoms with Crippen LogP contribution in [0.2, 0.25) is 0 Å². The number of ether oxygens (including phenoxy) is 2. The van der Waals surface area contributed by atoms with E-state index >= 15 is 0 Å². The van der Waals surface area contributed by atoms with Crippen molar-refractivity contribution >= 4 is 17.9 Å². The van der Waals surface area contributed by atoms with Gasteiger partial charge in [-0.3, -0.25) is 0 Å². The maximum atomic E-state index is 13.5. The normalized spacial score (nSPS) is 12.7. The van der Waals surface area contributed by atoms with Crippen LogP contribution in [0.1, 0.15) is 19.0 Å². The van der Waals surface area contributed by atoms with E-state index in [2.05, 4.69) is 16.7 Å². The summed E-state index contributed by atoms with van der Waals surface area (Å²) < 4.78 is 26.5.